The van der Waals surface area contributed by atoms with E-state index in [-0.39, 0.29) is 35.6 Å². The molecule has 9 heteroatoms. The van der Waals surface area contributed by atoms with E-state index >= 15 is 0 Å². The molecule has 0 spiro atoms. The maximum absolute atomic E-state index is 12.4. The minimum atomic E-state index is -3.27. The molecular formula is C23H31IN4O3S. The molecule has 1 amide bonds. The molecule has 0 saturated carbocycles. The SMILES string of the molecule is CCNC(=NCc1ccc(N2CCCC2=O)cc1)NCCCS(=O)(=O)c1ccccc1.I. The summed E-state index contributed by atoms with van der Waals surface area (Å²) in [5, 5.41) is 6.38. The molecule has 1 aliphatic rings. The predicted octanol–water partition coefficient (Wildman–Crippen LogP) is 3.35. The van der Waals surface area contributed by atoms with Gasteiger partial charge in [-0.15, -0.1) is 24.0 Å². The first kappa shape index (κ1) is 26.1. The molecule has 2 aromatic rings. The quantitative estimate of drug-likeness (QED) is 0.209. The smallest absolute Gasteiger partial charge is 0.227 e. The highest BCUT2D eigenvalue weighted by Crippen LogP contribution is 2.21. The van der Waals surface area contributed by atoms with E-state index in [4.69, 9.17) is 0 Å². The Morgan fingerprint density at radius 1 is 1.06 bits per heavy atom. The fourth-order valence-corrected chi connectivity index (χ4v) is 4.76. The van der Waals surface area contributed by atoms with Gasteiger partial charge in [0.15, 0.2) is 15.8 Å². The van der Waals surface area contributed by atoms with Gasteiger partial charge in [0.05, 0.1) is 17.2 Å². The van der Waals surface area contributed by atoms with E-state index < -0.39 is 9.84 Å². The van der Waals surface area contributed by atoms with Crippen molar-refractivity contribution in [3.63, 3.8) is 0 Å². The molecule has 0 unspecified atom stereocenters. The number of aliphatic imine (C=N–C) groups is 1. The monoisotopic (exact) mass is 570 g/mol. The topological polar surface area (TPSA) is 90.9 Å². The average Bonchev–Trinajstić information content (AvgIpc) is 3.21. The van der Waals surface area contributed by atoms with Gasteiger partial charge in [0, 0.05) is 31.7 Å². The second-order valence-corrected chi connectivity index (χ2v) is 9.53. The van der Waals surface area contributed by atoms with Gasteiger partial charge in [-0.2, -0.15) is 0 Å². The number of benzene rings is 2. The van der Waals surface area contributed by atoms with E-state index in [0.717, 1.165) is 24.2 Å². The van der Waals surface area contributed by atoms with Gasteiger partial charge in [0.1, 0.15) is 0 Å². The predicted molar refractivity (Wildman–Crippen MR) is 139 cm³/mol. The maximum Gasteiger partial charge on any atom is 0.227 e. The number of rotatable bonds is 9. The van der Waals surface area contributed by atoms with Gasteiger partial charge in [-0.05, 0) is 49.6 Å². The molecule has 0 atom stereocenters. The Kier molecular flexibility index (Phi) is 10.4. The summed E-state index contributed by atoms with van der Waals surface area (Å²) < 4.78 is 24.7. The molecule has 7 nitrogen and oxygen atoms in total. The first-order valence-corrected chi connectivity index (χ1v) is 12.3. The van der Waals surface area contributed by atoms with Gasteiger partial charge < -0.3 is 15.5 Å². The lowest BCUT2D eigenvalue weighted by molar-refractivity contribution is -0.117. The minimum Gasteiger partial charge on any atom is -0.357 e. The van der Waals surface area contributed by atoms with E-state index in [2.05, 4.69) is 15.6 Å². The van der Waals surface area contributed by atoms with Crippen molar-refractivity contribution < 1.29 is 13.2 Å². The lowest BCUT2D eigenvalue weighted by Crippen LogP contribution is -2.38. The van der Waals surface area contributed by atoms with E-state index in [1.165, 1.54) is 0 Å². The van der Waals surface area contributed by atoms with E-state index in [1.54, 1.807) is 30.3 Å². The Balaban J connectivity index is 0.00000363. The number of carbonyl (C=O) groups excluding carboxylic acids is 1. The summed E-state index contributed by atoms with van der Waals surface area (Å²) in [4.78, 5) is 18.6. The van der Waals surface area contributed by atoms with Gasteiger partial charge in [0.2, 0.25) is 5.91 Å². The number of hydrogen-bond acceptors (Lipinski definition) is 4. The summed E-state index contributed by atoms with van der Waals surface area (Å²) in [5.74, 6) is 0.914. The van der Waals surface area contributed by atoms with Crippen LogP contribution in [0, 0.1) is 0 Å². The lowest BCUT2D eigenvalue weighted by atomic mass is 10.2. The summed E-state index contributed by atoms with van der Waals surface area (Å²) in [6.07, 6.45) is 2.02. The molecule has 0 radical (unpaired) electrons. The molecule has 0 aromatic heterocycles. The van der Waals surface area contributed by atoms with Crippen molar-refractivity contribution in [2.45, 2.75) is 37.6 Å². The second kappa shape index (κ2) is 12.8. The van der Waals surface area contributed by atoms with Crippen LogP contribution in [-0.4, -0.2) is 45.7 Å². The zero-order valence-corrected chi connectivity index (χ0v) is 21.4. The van der Waals surface area contributed by atoms with Crippen LogP contribution in [0.4, 0.5) is 5.69 Å². The number of anilines is 1. The minimum absolute atomic E-state index is 0. The largest absolute Gasteiger partial charge is 0.357 e. The molecule has 174 valence electrons. The summed E-state index contributed by atoms with van der Waals surface area (Å²) in [5.41, 5.74) is 1.97. The Labute approximate surface area is 207 Å². The van der Waals surface area contributed by atoms with E-state index in [9.17, 15) is 13.2 Å². The third-order valence-electron chi connectivity index (χ3n) is 5.07. The molecule has 1 saturated heterocycles. The van der Waals surface area contributed by atoms with Crippen LogP contribution in [0.5, 0.6) is 0 Å². The number of nitrogens with one attached hydrogen (secondary N) is 2. The van der Waals surface area contributed by atoms with Crippen molar-refractivity contribution in [3.8, 4) is 0 Å². The summed E-state index contributed by atoms with van der Waals surface area (Å²) >= 11 is 0. The van der Waals surface area contributed by atoms with Crippen LogP contribution in [0.15, 0.2) is 64.5 Å². The van der Waals surface area contributed by atoms with Crippen molar-refractivity contribution >= 4 is 51.4 Å². The van der Waals surface area contributed by atoms with E-state index in [0.29, 0.717) is 43.3 Å². The van der Waals surface area contributed by atoms with Crippen molar-refractivity contribution in [2.24, 2.45) is 4.99 Å². The van der Waals surface area contributed by atoms with Crippen molar-refractivity contribution in [1.82, 2.24) is 10.6 Å². The van der Waals surface area contributed by atoms with Crippen LogP contribution >= 0.6 is 24.0 Å². The van der Waals surface area contributed by atoms with Crippen LogP contribution in [-0.2, 0) is 21.2 Å². The third kappa shape index (κ3) is 7.47. The Hall–Kier alpha value is -2.14. The molecular weight excluding hydrogens is 539 g/mol. The van der Waals surface area contributed by atoms with Crippen LogP contribution in [0.25, 0.3) is 0 Å². The summed E-state index contributed by atoms with van der Waals surface area (Å²) in [6, 6.07) is 16.4. The molecule has 1 fully saturated rings. The zero-order chi connectivity index (χ0) is 22.1. The summed E-state index contributed by atoms with van der Waals surface area (Å²) in [7, 11) is -3.27. The van der Waals surface area contributed by atoms with Gasteiger partial charge >= 0.3 is 0 Å². The van der Waals surface area contributed by atoms with Crippen LogP contribution in [0.3, 0.4) is 0 Å². The highest BCUT2D eigenvalue weighted by Gasteiger charge is 2.21. The molecule has 32 heavy (non-hydrogen) atoms. The van der Waals surface area contributed by atoms with Gasteiger partial charge in [-0.1, -0.05) is 30.3 Å². The number of hydrogen-bond donors (Lipinski definition) is 2. The fourth-order valence-electron chi connectivity index (χ4n) is 3.43. The van der Waals surface area contributed by atoms with E-state index in [1.807, 2.05) is 36.1 Å². The van der Waals surface area contributed by atoms with Crippen LogP contribution in [0.1, 0.15) is 31.7 Å². The third-order valence-corrected chi connectivity index (χ3v) is 6.89. The number of amides is 1. The Morgan fingerprint density at radius 3 is 2.41 bits per heavy atom. The number of halogens is 1. The number of guanidine groups is 1. The number of nitrogens with zero attached hydrogens (tertiary/aromatic N) is 2. The Morgan fingerprint density at radius 2 is 1.78 bits per heavy atom. The van der Waals surface area contributed by atoms with Crippen LogP contribution < -0.4 is 15.5 Å². The fraction of sp³-hybridized carbons (Fsp3) is 0.391. The van der Waals surface area contributed by atoms with Gasteiger partial charge in [-0.3, -0.25) is 4.79 Å². The first-order chi connectivity index (χ1) is 15.0. The van der Waals surface area contributed by atoms with Crippen LogP contribution in [0.2, 0.25) is 0 Å². The molecule has 1 aliphatic heterocycles. The lowest BCUT2D eigenvalue weighted by Gasteiger charge is -2.16. The Bertz CT molecular complexity index is 996. The molecule has 0 aliphatic carbocycles. The standard InChI is InChI=1S/C23H30N4O3S.HI/c1-2-24-23(25-15-7-17-31(29,30)21-8-4-3-5-9-21)26-18-19-11-13-20(14-12-19)27-16-6-10-22(27)28;/h3-5,8-9,11-14H,2,6-7,10,15-18H2,1H3,(H2,24,25,26);1H. The highest BCUT2D eigenvalue weighted by molar-refractivity contribution is 14.0. The summed E-state index contributed by atoms with van der Waals surface area (Å²) in [6.45, 7) is 4.48. The number of sulfone groups is 1. The maximum atomic E-state index is 12.4. The highest BCUT2D eigenvalue weighted by atomic mass is 127. The molecule has 2 N–H and O–H groups in total. The average molecular weight is 570 g/mol. The molecule has 1 heterocycles. The van der Waals surface area contributed by atoms with Crippen molar-refractivity contribution in [1.29, 1.82) is 0 Å². The van der Waals surface area contributed by atoms with Crippen molar-refractivity contribution in [3.05, 3.63) is 60.2 Å². The van der Waals surface area contributed by atoms with Crippen molar-refractivity contribution in [2.75, 3.05) is 30.3 Å². The van der Waals surface area contributed by atoms with Gasteiger partial charge in [-0.25, -0.2) is 13.4 Å². The molecule has 3 rings (SSSR count). The van der Waals surface area contributed by atoms with Gasteiger partial charge in [0.25, 0.3) is 0 Å². The second-order valence-electron chi connectivity index (χ2n) is 7.42. The first-order valence-electron chi connectivity index (χ1n) is 10.7. The normalized spacial score (nSPS) is 14.2. The molecule has 2 aromatic carbocycles. The molecule has 0 bridgehead atoms. The number of carbonyl (C=O) groups is 1. The zero-order valence-electron chi connectivity index (χ0n) is 18.3.